The third-order valence-electron chi connectivity index (χ3n) is 2.66. The number of rotatable bonds is 2. The zero-order chi connectivity index (χ0) is 11.7. The molecule has 0 aromatic carbocycles. The van der Waals surface area contributed by atoms with Crippen LogP contribution in [0.1, 0.15) is 15.9 Å². The molecule has 7 heteroatoms. The first kappa shape index (κ1) is 12.8. The molecule has 0 bridgehead atoms. The molecule has 1 aliphatic heterocycles. The van der Waals surface area contributed by atoms with Crippen LogP contribution in [0.4, 0.5) is 0 Å². The Labute approximate surface area is 103 Å². The average molecular weight is 290 g/mol. The van der Waals surface area contributed by atoms with E-state index in [0.717, 1.165) is 37.5 Å². The van der Waals surface area contributed by atoms with Crippen molar-refractivity contribution in [2.45, 2.75) is 6.42 Å². The monoisotopic (exact) mass is 290 g/mol. The number of likely N-dealkylation sites (N-methyl/N-ethyl adjacent to an activating group) is 1. The van der Waals surface area contributed by atoms with Crippen LogP contribution >= 0.6 is 33.1 Å². The Balaban J connectivity index is 2.52. The third-order valence-corrected chi connectivity index (χ3v) is 12.5. The zero-order valence-corrected chi connectivity index (χ0v) is 13.2. The van der Waals surface area contributed by atoms with E-state index in [0.29, 0.717) is 0 Å². The minimum Gasteiger partial charge on any atom is -0.341 e. The van der Waals surface area contributed by atoms with Crippen molar-refractivity contribution in [3.05, 3.63) is 23.4 Å². The number of fused-ring (bicyclic) bond motifs is 1. The molecule has 0 saturated carbocycles. The van der Waals surface area contributed by atoms with Gasteiger partial charge in [-0.2, -0.15) is 0 Å². The summed E-state index contributed by atoms with van der Waals surface area (Å²) in [5.74, 6) is 0.127. The van der Waals surface area contributed by atoms with Crippen molar-refractivity contribution >= 4 is 44.5 Å². The minimum absolute atomic E-state index is 0.127. The van der Waals surface area contributed by atoms with E-state index in [1.165, 1.54) is 0 Å². The predicted octanol–water partition coefficient (Wildman–Crippen LogP) is 1.99. The summed E-state index contributed by atoms with van der Waals surface area (Å²) in [6, 6.07) is 1.98. The number of aromatic nitrogens is 1. The summed E-state index contributed by atoms with van der Waals surface area (Å²) in [4.78, 5) is 18.3. The van der Waals surface area contributed by atoms with Crippen molar-refractivity contribution in [2.75, 3.05) is 13.6 Å². The van der Waals surface area contributed by atoms with Crippen LogP contribution in [0.25, 0.3) is 0 Å². The molecule has 0 radical (unpaired) electrons. The van der Waals surface area contributed by atoms with Gasteiger partial charge < -0.3 is 4.90 Å². The lowest BCUT2D eigenvalue weighted by Gasteiger charge is -2.27. The summed E-state index contributed by atoms with van der Waals surface area (Å²) >= 11 is 0. The second kappa shape index (κ2) is 5.32. The maximum atomic E-state index is 12.1. The molecule has 1 aliphatic rings. The highest BCUT2D eigenvalue weighted by Gasteiger charge is 2.26. The molecule has 0 fully saturated rings. The Morgan fingerprint density at radius 3 is 3.06 bits per heavy atom. The molecule has 2 rings (SSSR count). The van der Waals surface area contributed by atoms with Gasteiger partial charge in [-0.3, -0.25) is 9.78 Å². The Morgan fingerprint density at radius 2 is 2.38 bits per heavy atom. The fraction of sp³-hybridized carbons (Fsp3) is 0.333. The SMILES string of the molecule is CN1CCc2ccnc(P(P)PP)c2C1=O. The van der Waals surface area contributed by atoms with E-state index in [1.807, 2.05) is 19.3 Å². The number of carbonyl (C=O) groups is 1. The maximum Gasteiger partial charge on any atom is 0.256 e. The fourth-order valence-electron chi connectivity index (χ4n) is 1.76. The summed E-state index contributed by atoms with van der Waals surface area (Å²) in [5, 5.41) is 0. The highest BCUT2D eigenvalue weighted by molar-refractivity contribution is 8.63. The van der Waals surface area contributed by atoms with Crippen LogP contribution in [-0.4, -0.2) is 29.4 Å². The summed E-state index contributed by atoms with van der Waals surface area (Å²) in [5.41, 5.74) is 3.00. The number of nitrogens with zero attached hydrogens (tertiary/aromatic N) is 2. The van der Waals surface area contributed by atoms with Crippen LogP contribution in [-0.2, 0) is 6.42 Å². The van der Waals surface area contributed by atoms with Crippen molar-refractivity contribution in [1.82, 2.24) is 9.88 Å². The van der Waals surface area contributed by atoms with Gasteiger partial charge in [0.05, 0.1) is 11.0 Å². The summed E-state index contributed by atoms with van der Waals surface area (Å²) in [6.07, 6.45) is 2.78. The second-order valence-corrected chi connectivity index (χ2v) is 12.7. The standard InChI is InChI=1S/C9H14N2OP4/c1-11-5-3-6-2-4-10-8(16(14)15-13)7(6)9(11)12/h2,4,15H,3,5,13-14H2,1H3. The normalized spacial score (nSPS) is 17.9. The Morgan fingerprint density at radius 1 is 1.62 bits per heavy atom. The van der Waals surface area contributed by atoms with Gasteiger partial charge in [0.15, 0.2) is 0 Å². The molecule has 16 heavy (non-hydrogen) atoms. The van der Waals surface area contributed by atoms with Gasteiger partial charge in [-0.15, -0.1) is 17.9 Å². The minimum atomic E-state index is -0.385. The molecule has 1 aromatic heterocycles. The Kier molecular flexibility index (Phi) is 4.26. The van der Waals surface area contributed by atoms with E-state index in [9.17, 15) is 4.79 Å². The quantitative estimate of drug-likeness (QED) is 0.780. The van der Waals surface area contributed by atoms with Gasteiger partial charge in [-0.05, 0) is 25.3 Å². The van der Waals surface area contributed by atoms with Gasteiger partial charge in [0.25, 0.3) is 5.91 Å². The third kappa shape index (κ3) is 2.30. The molecule has 1 amide bonds. The molecule has 4 unspecified atom stereocenters. The summed E-state index contributed by atoms with van der Waals surface area (Å²) in [7, 11) is 7.78. The van der Waals surface area contributed by atoms with Crippen LogP contribution in [0.3, 0.4) is 0 Å². The van der Waals surface area contributed by atoms with Crippen LogP contribution < -0.4 is 5.44 Å². The fourth-order valence-corrected chi connectivity index (χ4v) is 5.11. The molecule has 0 spiro atoms. The Bertz CT molecular complexity index is 426. The first-order valence-corrected chi connectivity index (χ1v) is 11.5. The van der Waals surface area contributed by atoms with Crippen molar-refractivity contribution in [3.8, 4) is 0 Å². The molecular weight excluding hydrogens is 276 g/mol. The first-order chi connectivity index (χ1) is 7.65. The van der Waals surface area contributed by atoms with E-state index < -0.39 is 0 Å². The predicted molar refractivity (Wildman–Crippen MR) is 79.2 cm³/mol. The number of hydrogen-bond acceptors (Lipinski definition) is 2. The van der Waals surface area contributed by atoms with Gasteiger partial charge in [-0.25, -0.2) is 0 Å². The van der Waals surface area contributed by atoms with Gasteiger partial charge in [0.2, 0.25) is 0 Å². The average Bonchev–Trinajstić information content (AvgIpc) is 2.32. The van der Waals surface area contributed by atoms with E-state index in [1.54, 1.807) is 4.90 Å². The first-order valence-electron chi connectivity index (χ1n) is 4.89. The summed E-state index contributed by atoms with van der Waals surface area (Å²) < 4.78 is 0. The highest BCUT2D eigenvalue weighted by Crippen LogP contribution is 2.64. The lowest BCUT2D eigenvalue weighted by molar-refractivity contribution is 0.0782. The van der Waals surface area contributed by atoms with E-state index in [2.05, 4.69) is 22.8 Å². The molecule has 0 N–H and O–H groups in total. The van der Waals surface area contributed by atoms with Crippen molar-refractivity contribution < 1.29 is 4.79 Å². The molecule has 2 heterocycles. The van der Waals surface area contributed by atoms with Gasteiger partial charge in [-0.1, -0.05) is 7.96 Å². The van der Waals surface area contributed by atoms with Crippen LogP contribution in [0.15, 0.2) is 12.3 Å². The van der Waals surface area contributed by atoms with Crippen LogP contribution in [0, 0.1) is 0 Å². The van der Waals surface area contributed by atoms with Crippen molar-refractivity contribution in [1.29, 1.82) is 0 Å². The van der Waals surface area contributed by atoms with Gasteiger partial charge >= 0.3 is 0 Å². The van der Waals surface area contributed by atoms with Gasteiger partial charge in [0.1, 0.15) is 0 Å². The second-order valence-electron chi connectivity index (χ2n) is 3.64. The Hall–Kier alpha value is 0.340. The van der Waals surface area contributed by atoms with E-state index >= 15 is 0 Å². The summed E-state index contributed by atoms with van der Waals surface area (Å²) in [6.45, 7) is 0.813. The smallest absolute Gasteiger partial charge is 0.256 e. The topological polar surface area (TPSA) is 33.2 Å². The van der Waals surface area contributed by atoms with Crippen molar-refractivity contribution in [3.63, 3.8) is 0 Å². The van der Waals surface area contributed by atoms with Crippen LogP contribution in [0.5, 0.6) is 0 Å². The maximum absolute atomic E-state index is 12.1. The number of amides is 1. The van der Waals surface area contributed by atoms with E-state index in [-0.39, 0.29) is 13.2 Å². The number of pyridine rings is 1. The molecule has 3 nitrogen and oxygen atoms in total. The zero-order valence-electron chi connectivity index (χ0n) is 8.97. The molecule has 86 valence electrons. The molecule has 0 aliphatic carbocycles. The largest absolute Gasteiger partial charge is 0.341 e. The van der Waals surface area contributed by atoms with Crippen LogP contribution in [0.2, 0.25) is 0 Å². The molecule has 4 atom stereocenters. The van der Waals surface area contributed by atoms with Crippen molar-refractivity contribution in [2.24, 2.45) is 0 Å². The van der Waals surface area contributed by atoms with Gasteiger partial charge in [0, 0.05) is 19.8 Å². The highest BCUT2D eigenvalue weighted by atomic mass is 32.6. The lowest BCUT2D eigenvalue weighted by atomic mass is 10.0. The van der Waals surface area contributed by atoms with E-state index in [4.69, 9.17) is 0 Å². The number of carbonyl (C=O) groups excluding carboxylic acids is 1. The molecule has 0 saturated heterocycles. The number of hydrogen-bond donors (Lipinski definition) is 0. The molecule has 1 aromatic rings. The lowest BCUT2D eigenvalue weighted by Crippen LogP contribution is -2.37. The molecular formula is C9H14N2OP4.